The molecule has 0 saturated carbocycles. The molecule has 5 nitrogen and oxygen atoms in total. The highest BCUT2D eigenvalue weighted by atomic mass is 32.1. The van der Waals surface area contributed by atoms with Crippen molar-refractivity contribution in [1.82, 2.24) is 9.88 Å². The molecule has 15 heavy (non-hydrogen) atoms. The highest BCUT2D eigenvalue weighted by Crippen LogP contribution is 2.20. The van der Waals surface area contributed by atoms with Crippen LogP contribution in [0, 0.1) is 0 Å². The zero-order valence-electron chi connectivity index (χ0n) is 8.10. The summed E-state index contributed by atoms with van der Waals surface area (Å²) < 4.78 is 0. The Morgan fingerprint density at radius 2 is 2.07 bits per heavy atom. The molecule has 0 atom stereocenters. The fourth-order valence-electron chi connectivity index (χ4n) is 1.53. The van der Waals surface area contributed by atoms with Gasteiger partial charge in [-0.25, -0.2) is 4.98 Å². The number of nitrogens with two attached hydrogens (primary N) is 1. The molecule has 2 rings (SSSR count). The Hall–Kier alpha value is -1.43. The molecule has 0 unspecified atom stereocenters. The average Bonchev–Trinajstić information content (AvgIpc) is 2.58. The summed E-state index contributed by atoms with van der Waals surface area (Å²) in [5, 5.41) is 0.460. The van der Waals surface area contributed by atoms with Crippen molar-refractivity contribution in [3.8, 4) is 0 Å². The largest absolute Gasteiger partial charge is 0.375 e. The molecular weight excluding hydrogens is 214 g/mol. The van der Waals surface area contributed by atoms with Crippen LogP contribution in [0.25, 0.3) is 0 Å². The predicted molar refractivity (Wildman–Crippen MR) is 55.9 cm³/mol. The Morgan fingerprint density at radius 1 is 1.40 bits per heavy atom. The molecule has 0 spiro atoms. The molecule has 2 amide bonds. The van der Waals surface area contributed by atoms with Crippen molar-refractivity contribution in [1.29, 1.82) is 0 Å². The second-order valence-electron chi connectivity index (χ2n) is 3.39. The van der Waals surface area contributed by atoms with Gasteiger partial charge in [-0.15, -0.1) is 11.3 Å². The number of aromatic nitrogens is 1. The minimum absolute atomic E-state index is 0.0989. The van der Waals surface area contributed by atoms with Crippen LogP contribution in [-0.4, -0.2) is 21.7 Å². The number of thiazole rings is 1. The highest BCUT2D eigenvalue weighted by molar-refractivity contribution is 7.15. The number of nitrogens with zero attached hydrogens (tertiary/aromatic N) is 2. The van der Waals surface area contributed by atoms with Gasteiger partial charge in [0.1, 0.15) is 0 Å². The Kier molecular flexibility index (Phi) is 2.68. The Balaban J connectivity index is 2.09. The molecule has 0 aromatic carbocycles. The van der Waals surface area contributed by atoms with Crippen molar-refractivity contribution in [2.45, 2.75) is 25.8 Å². The van der Waals surface area contributed by atoms with Crippen LogP contribution in [0.15, 0.2) is 6.20 Å². The van der Waals surface area contributed by atoms with E-state index < -0.39 is 0 Å². The molecule has 1 aliphatic heterocycles. The molecule has 6 heteroatoms. The van der Waals surface area contributed by atoms with Gasteiger partial charge in [0.05, 0.1) is 6.54 Å². The molecule has 1 fully saturated rings. The second-order valence-corrected chi connectivity index (χ2v) is 4.54. The number of carbonyl (C=O) groups excluding carboxylic acids is 2. The van der Waals surface area contributed by atoms with Gasteiger partial charge >= 0.3 is 0 Å². The second kappa shape index (κ2) is 3.98. The topological polar surface area (TPSA) is 76.3 Å². The normalized spacial score (nSPS) is 17.2. The van der Waals surface area contributed by atoms with Crippen LogP contribution in [0.5, 0.6) is 0 Å². The summed E-state index contributed by atoms with van der Waals surface area (Å²) in [6.07, 6.45) is 3.19. The lowest BCUT2D eigenvalue weighted by Crippen LogP contribution is -2.39. The van der Waals surface area contributed by atoms with Gasteiger partial charge in [-0.05, 0) is 6.42 Å². The van der Waals surface area contributed by atoms with Crippen LogP contribution in [-0.2, 0) is 16.1 Å². The maximum absolute atomic E-state index is 11.5. The van der Waals surface area contributed by atoms with Crippen LogP contribution in [0.2, 0.25) is 0 Å². The summed E-state index contributed by atoms with van der Waals surface area (Å²) in [7, 11) is 0. The third kappa shape index (κ3) is 2.15. The lowest BCUT2D eigenvalue weighted by molar-refractivity contribution is -0.148. The first kappa shape index (κ1) is 10.1. The van der Waals surface area contributed by atoms with E-state index >= 15 is 0 Å². The van der Waals surface area contributed by atoms with Gasteiger partial charge in [0.15, 0.2) is 5.13 Å². The first-order chi connectivity index (χ1) is 7.16. The van der Waals surface area contributed by atoms with Crippen molar-refractivity contribution in [2.75, 3.05) is 5.73 Å². The number of anilines is 1. The summed E-state index contributed by atoms with van der Waals surface area (Å²) >= 11 is 1.31. The van der Waals surface area contributed by atoms with Gasteiger partial charge in [-0.2, -0.15) is 0 Å². The molecule has 1 aliphatic rings. The lowest BCUT2D eigenvalue weighted by atomic mass is 10.1. The smallest absolute Gasteiger partial charge is 0.229 e. The third-order valence-electron chi connectivity index (χ3n) is 2.27. The van der Waals surface area contributed by atoms with Gasteiger partial charge in [0.2, 0.25) is 11.8 Å². The SMILES string of the molecule is Nc1ncc(CN2C(=O)CCCC2=O)s1. The number of piperidine rings is 1. The molecule has 2 N–H and O–H groups in total. The number of likely N-dealkylation sites (tertiary alicyclic amines) is 1. The van der Waals surface area contributed by atoms with E-state index in [1.807, 2.05) is 0 Å². The van der Waals surface area contributed by atoms with E-state index in [4.69, 9.17) is 5.73 Å². The number of amides is 2. The maximum Gasteiger partial charge on any atom is 0.229 e. The fourth-order valence-corrected chi connectivity index (χ4v) is 2.20. The monoisotopic (exact) mass is 225 g/mol. The number of imide groups is 1. The minimum Gasteiger partial charge on any atom is -0.375 e. The Morgan fingerprint density at radius 3 is 2.60 bits per heavy atom. The fraction of sp³-hybridized carbons (Fsp3) is 0.444. The summed E-state index contributed by atoms with van der Waals surface area (Å²) in [5.41, 5.74) is 5.47. The molecule has 80 valence electrons. The Bertz CT molecular complexity index is 386. The number of rotatable bonds is 2. The van der Waals surface area contributed by atoms with E-state index in [-0.39, 0.29) is 11.8 Å². The van der Waals surface area contributed by atoms with E-state index in [1.165, 1.54) is 16.2 Å². The van der Waals surface area contributed by atoms with Gasteiger partial charge in [-0.1, -0.05) is 0 Å². The van der Waals surface area contributed by atoms with Crippen molar-refractivity contribution >= 4 is 28.3 Å². The van der Waals surface area contributed by atoms with E-state index in [1.54, 1.807) is 6.20 Å². The number of hydrogen-bond donors (Lipinski definition) is 1. The summed E-state index contributed by atoms with van der Waals surface area (Å²) in [4.78, 5) is 29.0. The van der Waals surface area contributed by atoms with E-state index in [0.29, 0.717) is 30.9 Å². The lowest BCUT2D eigenvalue weighted by Gasteiger charge is -2.23. The van der Waals surface area contributed by atoms with Crippen LogP contribution in [0.4, 0.5) is 5.13 Å². The zero-order chi connectivity index (χ0) is 10.8. The van der Waals surface area contributed by atoms with Crippen molar-refractivity contribution in [2.24, 2.45) is 0 Å². The van der Waals surface area contributed by atoms with Crippen molar-refractivity contribution in [3.05, 3.63) is 11.1 Å². The van der Waals surface area contributed by atoms with E-state index in [0.717, 1.165) is 4.88 Å². The van der Waals surface area contributed by atoms with Crippen LogP contribution >= 0.6 is 11.3 Å². The first-order valence-electron chi connectivity index (χ1n) is 4.70. The van der Waals surface area contributed by atoms with Crippen LogP contribution in [0.1, 0.15) is 24.1 Å². The van der Waals surface area contributed by atoms with Gasteiger partial charge in [-0.3, -0.25) is 14.5 Å². The van der Waals surface area contributed by atoms with Gasteiger partial charge in [0.25, 0.3) is 0 Å². The van der Waals surface area contributed by atoms with Crippen LogP contribution < -0.4 is 5.73 Å². The quantitative estimate of drug-likeness (QED) is 0.754. The molecule has 2 heterocycles. The van der Waals surface area contributed by atoms with Gasteiger partial charge < -0.3 is 5.73 Å². The van der Waals surface area contributed by atoms with Crippen molar-refractivity contribution in [3.63, 3.8) is 0 Å². The molecule has 1 aromatic heterocycles. The molecule has 0 radical (unpaired) electrons. The summed E-state index contributed by atoms with van der Waals surface area (Å²) in [5.74, 6) is -0.198. The van der Waals surface area contributed by atoms with Crippen LogP contribution in [0.3, 0.4) is 0 Å². The molecular formula is C9H11N3O2S. The van der Waals surface area contributed by atoms with Crippen molar-refractivity contribution < 1.29 is 9.59 Å². The highest BCUT2D eigenvalue weighted by Gasteiger charge is 2.26. The Labute approximate surface area is 90.9 Å². The molecule has 1 saturated heterocycles. The van der Waals surface area contributed by atoms with Gasteiger partial charge in [0, 0.05) is 23.9 Å². The zero-order valence-corrected chi connectivity index (χ0v) is 8.92. The summed E-state index contributed by atoms with van der Waals surface area (Å²) in [6.45, 7) is 0.312. The average molecular weight is 225 g/mol. The molecule has 1 aromatic rings. The maximum atomic E-state index is 11.5. The third-order valence-corrected chi connectivity index (χ3v) is 3.08. The number of carbonyl (C=O) groups is 2. The van der Waals surface area contributed by atoms with E-state index in [9.17, 15) is 9.59 Å². The predicted octanol–water partition coefficient (Wildman–Crippen LogP) is 0.764. The summed E-state index contributed by atoms with van der Waals surface area (Å²) in [6, 6.07) is 0. The molecule has 0 aliphatic carbocycles. The molecule has 0 bridgehead atoms. The minimum atomic E-state index is -0.0989. The number of nitrogen functional groups attached to an aromatic ring is 1. The van der Waals surface area contributed by atoms with E-state index in [2.05, 4.69) is 4.98 Å². The first-order valence-corrected chi connectivity index (χ1v) is 5.52. The number of hydrogen-bond acceptors (Lipinski definition) is 5. The standard InChI is InChI=1S/C9H11N3O2S/c10-9-11-4-6(15-9)5-12-7(13)2-1-3-8(12)14/h4H,1-3,5H2,(H2,10,11).